The standard InChI is InChI=1S/C21H24N4O3/c26-20(25-11-3-5-16-4-1-2-6-18(16)25)17-7-8-19(23-22-17)24-12-9-21(10-13-24)27-14-15-28-21/h1-2,4,6-8H,3,5,9-15H2. The van der Waals surface area contributed by atoms with Crippen molar-refractivity contribution >= 4 is 17.4 Å². The molecule has 146 valence electrons. The highest BCUT2D eigenvalue weighted by molar-refractivity contribution is 6.05. The van der Waals surface area contributed by atoms with Gasteiger partial charge in [0.2, 0.25) is 0 Å². The van der Waals surface area contributed by atoms with Gasteiger partial charge in [0.15, 0.2) is 17.3 Å². The fourth-order valence-corrected chi connectivity index (χ4v) is 4.35. The van der Waals surface area contributed by atoms with Crippen LogP contribution in [0.5, 0.6) is 0 Å². The highest BCUT2D eigenvalue weighted by Crippen LogP contribution is 2.33. The molecule has 0 unspecified atom stereocenters. The number of nitrogens with zero attached hydrogens (tertiary/aromatic N) is 4. The Labute approximate surface area is 164 Å². The van der Waals surface area contributed by atoms with Crippen LogP contribution in [0.4, 0.5) is 11.5 Å². The van der Waals surface area contributed by atoms with Crippen LogP contribution >= 0.6 is 0 Å². The first kappa shape index (κ1) is 17.6. The third kappa shape index (κ3) is 3.14. The van der Waals surface area contributed by atoms with Gasteiger partial charge in [-0.05, 0) is 36.6 Å². The lowest BCUT2D eigenvalue weighted by Gasteiger charge is -2.37. The largest absolute Gasteiger partial charge is 0.355 e. The highest BCUT2D eigenvalue weighted by Gasteiger charge is 2.40. The van der Waals surface area contributed by atoms with Crippen LogP contribution in [-0.4, -0.2) is 54.7 Å². The van der Waals surface area contributed by atoms with Crippen LogP contribution < -0.4 is 9.80 Å². The number of rotatable bonds is 2. The second-order valence-corrected chi connectivity index (χ2v) is 7.56. The molecule has 28 heavy (non-hydrogen) atoms. The Balaban J connectivity index is 1.29. The lowest BCUT2D eigenvalue weighted by atomic mass is 10.0. The summed E-state index contributed by atoms with van der Waals surface area (Å²) < 4.78 is 11.6. The maximum atomic E-state index is 13.0. The molecule has 3 aliphatic heterocycles. The molecule has 0 aliphatic carbocycles. The summed E-state index contributed by atoms with van der Waals surface area (Å²) in [6, 6.07) is 11.8. The number of benzene rings is 1. The molecule has 2 fully saturated rings. The number of carbonyl (C=O) groups is 1. The normalized spacial score (nSPS) is 21.0. The fourth-order valence-electron chi connectivity index (χ4n) is 4.35. The van der Waals surface area contributed by atoms with Gasteiger partial charge in [-0.2, -0.15) is 0 Å². The van der Waals surface area contributed by atoms with E-state index in [2.05, 4.69) is 21.2 Å². The van der Waals surface area contributed by atoms with E-state index in [1.807, 2.05) is 29.2 Å². The number of para-hydroxylation sites is 1. The molecular weight excluding hydrogens is 356 g/mol. The van der Waals surface area contributed by atoms with Crippen molar-refractivity contribution in [2.75, 3.05) is 42.6 Å². The number of fused-ring (bicyclic) bond motifs is 1. The smallest absolute Gasteiger partial charge is 0.278 e. The van der Waals surface area contributed by atoms with Crippen molar-refractivity contribution < 1.29 is 14.3 Å². The van der Waals surface area contributed by atoms with Crippen LogP contribution in [0.15, 0.2) is 36.4 Å². The summed E-state index contributed by atoms with van der Waals surface area (Å²) in [7, 11) is 0. The molecule has 0 bridgehead atoms. The number of aryl methyl sites for hydroxylation is 1. The lowest BCUT2D eigenvalue weighted by Crippen LogP contribution is -2.45. The Morgan fingerprint density at radius 3 is 2.50 bits per heavy atom. The summed E-state index contributed by atoms with van der Waals surface area (Å²) in [6.07, 6.45) is 3.61. The summed E-state index contributed by atoms with van der Waals surface area (Å²) in [5, 5.41) is 8.58. The second kappa shape index (κ2) is 7.14. The highest BCUT2D eigenvalue weighted by atomic mass is 16.7. The molecule has 1 aromatic carbocycles. The van der Waals surface area contributed by atoms with Crippen LogP contribution in [-0.2, 0) is 15.9 Å². The predicted molar refractivity (Wildman–Crippen MR) is 105 cm³/mol. The maximum Gasteiger partial charge on any atom is 0.278 e. The molecule has 7 nitrogen and oxygen atoms in total. The summed E-state index contributed by atoms with van der Waals surface area (Å²) in [4.78, 5) is 17.0. The van der Waals surface area contributed by atoms with E-state index in [1.54, 1.807) is 6.07 Å². The SMILES string of the molecule is O=C(c1ccc(N2CCC3(CC2)OCCO3)nn1)N1CCCc2ccccc21. The summed E-state index contributed by atoms with van der Waals surface area (Å²) in [5.74, 6) is 0.307. The minimum atomic E-state index is -0.401. The number of hydrogen-bond acceptors (Lipinski definition) is 6. The summed E-state index contributed by atoms with van der Waals surface area (Å²) in [6.45, 7) is 3.68. The minimum Gasteiger partial charge on any atom is -0.355 e. The molecule has 7 heteroatoms. The van der Waals surface area contributed by atoms with Crippen molar-refractivity contribution in [2.24, 2.45) is 0 Å². The monoisotopic (exact) mass is 380 g/mol. The molecule has 1 amide bonds. The number of ether oxygens (including phenoxy) is 2. The minimum absolute atomic E-state index is 0.0865. The van der Waals surface area contributed by atoms with Gasteiger partial charge in [0.25, 0.3) is 5.91 Å². The van der Waals surface area contributed by atoms with Gasteiger partial charge in [0.1, 0.15) is 0 Å². The van der Waals surface area contributed by atoms with Crippen LogP contribution in [0.2, 0.25) is 0 Å². The average molecular weight is 380 g/mol. The van der Waals surface area contributed by atoms with Gasteiger partial charge in [-0.1, -0.05) is 18.2 Å². The van der Waals surface area contributed by atoms with Gasteiger partial charge >= 0.3 is 0 Å². The van der Waals surface area contributed by atoms with Gasteiger partial charge in [-0.25, -0.2) is 0 Å². The van der Waals surface area contributed by atoms with Crippen molar-refractivity contribution in [2.45, 2.75) is 31.5 Å². The molecule has 0 atom stereocenters. The fraction of sp³-hybridized carbons (Fsp3) is 0.476. The van der Waals surface area contributed by atoms with Crippen molar-refractivity contribution in [3.8, 4) is 0 Å². The van der Waals surface area contributed by atoms with Crippen LogP contribution in [0.25, 0.3) is 0 Å². The molecule has 1 aromatic heterocycles. The first-order valence-corrected chi connectivity index (χ1v) is 10.0. The summed E-state index contributed by atoms with van der Waals surface area (Å²) >= 11 is 0. The van der Waals surface area contributed by atoms with Crippen LogP contribution in [0.3, 0.4) is 0 Å². The molecule has 2 saturated heterocycles. The Kier molecular flexibility index (Phi) is 4.49. The van der Waals surface area contributed by atoms with E-state index in [-0.39, 0.29) is 5.91 Å². The Morgan fingerprint density at radius 2 is 1.75 bits per heavy atom. The third-order valence-corrected chi connectivity index (χ3v) is 5.89. The molecule has 2 aromatic rings. The van der Waals surface area contributed by atoms with Gasteiger partial charge in [-0.3, -0.25) is 4.79 Å². The summed E-state index contributed by atoms with van der Waals surface area (Å²) in [5.41, 5.74) is 2.59. The molecule has 0 saturated carbocycles. The molecule has 3 aliphatic rings. The van der Waals surface area contributed by atoms with Gasteiger partial charge in [0.05, 0.1) is 13.2 Å². The molecule has 0 N–H and O–H groups in total. The number of anilines is 2. The van der Waals surface area contributed by atoms with E-state index in [1.165, 1.54) is 5.56 Å². The Bertz CT molecular complexity index is 854. The Hall–Kier alpha value is -2.51. The maximum absolute atomic E-state index is 13.0. The number of piperidine rings is 1. The molecular formula is C21H24N4O3. The van der Waals surface area contributed by atoms with Crippen molar-refractivity contribution in [1.29, 1.82) is 0 Å². The topological polar surface area (TPSA) is 67.8 Å². The van der Waals surface area contributed by atoms with Gasteiger partial charge in [0, 0.05) is 38.2 Å². The lowest BCUT2D eigenvalue weighted by molar-refractivity contribution is -0.169. The average Bonchev–Trinajstić information content (AvgIpc) is 3.21. The van der Waals surface area contributed by atoms with Gasteiger partial charge < -0.3 is 19.3 Å². The second-order valence-electron chi connectivity index (χ2n) is 7.56. The predicted octanol–water partition coefficient (Wildman–Crippen LogP) is 2.41. The first-order chi connectivity index (χ1) is 13.7. The molecule has 5 rings (SSSR count). The van der Waals surface area contributed by atoms with Crippen molar-refractivity contribution in [3.63, 3.8) is 0 Å². The molecule has 0 radical (unpaired) electrons. The number of carbonyl (C=O) groups excluding carboxylic acids is 1. The van der Waals surface area contributed by atoms with Gasteiger partial charge in [-0.15, -0.1) is 10.2 Å². The van der Waals surface area contributed by atoms with E-state index in [0.717, 1.165) is 50.3 Å². The van der Waals surface area contributed by atoms with E-state index >= 15 is 0 Å². The Morgan fingerprint density at radius 1 is 0.964 bits per heavy atom. The van der Waals surface area contributed by atoms with Crippen molar-refractivity contribution in [3.05, 3.63) is 47.7 Å². The van der Waals surface area contributed by atoms with E-state index in [4.69, 9.17) is 9.47 Å². The molecule has 4 heterocycles. The quantitative estimate of drug-likeness (QED) is 0.797. The zero-order chi connectivity index (χ0) is 19.0. The molecule has 1 spiro atoms. The van der Waals surface area contributed by atoms with Crippen LogP contribution in [0, 0.1) is 0 Å². The van der Waals surface area contributed by atoms with Crippen LogP contribution in [0.1, 0.15) is 35.3 Å². The van der Waals surface area contributed by atoms with Crippen molar-refractivity contribution in [1.82, 2.24) is 10.2 Å². The van der Waals surface area contributed by atoms with E-state index in [0.29, 0.717) is 25.5 Å². The third-order valence-electron chi connectivity index (χ3n) is 5.89. The first-order valence-electron chi connectivity index (χ1n) is 10.0. The zero-order valence-corrected chi connectivity index (χ0v) is 15.8. The van der Waals surface area contributed by atoms with E-state index < -0.39 is 5.79 Å². The number of aromatic nitrogens is 2. The van der Waals surface area contributed by atoms with E-state index in [9.17, 15) is 4.79 Å². The number of amides is 1. The zero-order valence-electron chi connectivity index (χ0n) is 15.8. The number of hydrogen-bond donors (Lipinski definition) is 0.